The summed E-state index contributed by atoms with van der Waals surface area (Å²) in [5.41, 5.74) is 2.30. The Balaban J connectivity index is 1.86. The summed E-state index contributed by atoms with van der Waals surface area (Å²) in [6, 6.07) is 4.30. The van der Waals surface area contributed by atoms with E-state index in [2.05, 4.69) is 10.3 Å². The van der Waals surface area contributed by atoms with E-state index in [1.54, 1.807) is 18.2 Å². The quantitative estimate of drug-likeness (QED) is 0.841. The van der Waals surface area contributed by atoms with E-state index in [1.165, 1.54) is 13.4 Å². The van der Waals surface area contributed by atoms with Crippen LogP contribution in [0.15, 0.2) is 28.9 Å². The number of carboxylic acid groups (broad SMARTS) is 1. The van der Waals surface area contributed by atoms with Gasteiger partial charge in [-0.1, -0.05) is 0 Å². The fourth-order valence-corrected chi connectivity index (χ4v) is 2.89. The highest BCUT2D eigenvalue weighted by Gasteiger charge is 2.25. The molecule has 0 radical (unpaired) electrons. The number of furan rings is 1. The number of carbonyl (C=O) groups excluding carboxylic acids is 1. The zero-order valence-electron chi connectivity index (χ0n) is 13.2. The van der Waals surface area contributed by atoms with Gasteiger partial charge in [-0.15, -0.1) is 0 Å². The third-order valence-electron chi connectivity index (χ3n) is 4.02. The molecule has 1 aliphatic carbocycles. The average molecular weight is 330 g/mol. The van der Waals surface area contributed by atoms with Crippen molar-refractivity contribution in [1.29, 1.82) is 0 Å². The lowest BCUT2D eigenvalue weighted by Gasteiger charge is -2.16. The molecule has 0 aliphatic heterocycles. The van der Waals surface area contributed by atoms with Crippen LogP contribution in [0.2, 0.25) is 0 Å². The molecule has 7 heteroatoms. The van der Waals surface area contributed by atoms with Crippen LogP contribution in [0.25, 0.3) is 0 Å². The maximum Gasteiger partial charge on any atom is 0.305 e. The predicted octanol–water partition coefficient (Wildman–Crippen LogP) is 2.12. The van der Waals surface area contributed by atoms with Crippen molar-refractivity contribution >= 4 is 11.9 Å². The Bertz CT molecular complexity index is 755. The molecular weight excluding hydrogens is 312 g/mol. The summed E-state index contributed by atoms with van der Waals surface area (Å²) in [5.74, 6) is -0.826. The van der Waals surface area contributed by atoms with Gasteiger partial charge in [-0.05, 0) is 43.0 Å². The van der Waals surface area contributed by atoms with E-state index in [0.717, 1.165) is 30.5 Å². The van der Waals surface area contributed by atoms with E-state index < -0.39 is 17.9 Å². The van der Waals surface area contributed by atoms with Crippen LogP contribution >= 0.6 is 0 Å². The third-order valence-corrected chi connectivity index (χ3v) is 4.02. The Hall–Kier alpha value is -2.83. The van der Waals surface area contributed by atoms with Gasteiger partial charge < -0.3 is 19.6 Å². The van der Waals surface area contributed by atoms with Crippen molar-refractivity contribution in [3.05, 3.63) is 47.0 Å². The second-order valence-electron chi connectivity index (χ2n) is 5.64. The Morgan fingerprint density at radius 2 is 2.29 bits per heavy atom. The van der Waals surface area contributed by atoms with Crippen LogP contribution < -0.4 is 10.1 Å². The number of hydrogen-bond donors (Lipinski definition) is 2. The summed E-state index contributed by atoms with van der Waals surface area (Å²) >= 11 is 0. The predicted molar refractivity (Wildman–Crippen MR) is 84.0 cm³/mol. The Labute approximate surface area is 138 Å². The van der Waals surface area contributed by atoms with Gasteiger partial charge in [0.25, 0.3) is 5.91 Å². The number of carboxylic acids is 1. The molecule has 24 heavy (non-hydrogen) atoms. The fraction of sp³-hybridized carbons (Fsp3) is 0.353. The lowest BCUT2D eigenvalue weighted by Crippen LogP contribution is -2.30. The molecule has 7 nitrogen and oxygen atoms in total. The Morgan fingerprint density at radius 1 is 1.46 bits per heavy atom. The number of pyridine rings is 1. The van der Waals surface area contributed by atoms with Gasteiger partial charge in [0.2, 0.25) is 5.88 Å². The van der Waals surface area contributed by atoms with Crippen LogP contribution in [0.5, 0.6) is 5.88 Å². The molecule has 1 atom stereocenters. The normalized spacial score (nSPS) is 14.0. The van der Waals surface area contributed by atoms with Gasteiger partial charge in [0.05, 0.1) is 25.8 Å². The smallest absolute Gasteiger partial charge is 0.305 e. The first-order valence-corrected chi connectivity index (χ1v) is 7.71. The van der Waals surface area contributed by atoms with Crippen molar-refractivity contribution in [2.75, 3.05) is 7.11 Å². The van der Waals surface area contributed by atoms with Crippen molar-refractivity contribution in [3.8, 4) is 5.88 Å². The number of amides is 1. The summed E-state index contributed by atoms with van der Waals surface area (Å²) in [6.45, 7) is 0. The molecule has 2 aromatic heterocycles. The largest absolute Gasteiger partial charge is 0.481 e. The van der Waals surface area contributed by atoms with Gasteiger partial charge in [0.1, 0.15) is 11.3 Å². The van der Waals surface area contributed by atoms with E-state index in [-0.39, 0.29) is 12.3 Å². The molecule has 0 spiro atoms. The SMILES string of the molecule is COc1nc2c(cc1C(=O)N[C@@H](CC(=O)O)c1ccco1)CCC2. The number of rotatable bonds is 6. The Morgan fingerprint density at radius 3 is 2.96 bits per heavy atom. The fourth-order valence-electron chi connectivity index (χ4n) is 2.89. The second-order valence-corrected chi connectivity index (χ2v) is 5.64. The van der Waals surface area contributed by atoms with Crippen LogP contribution in [-0.4, -0.2) is 29.1 Å². The minimum Gasteiger partial charge on any atom is -0.481 e. The Kier molecular flexibility index (Phi) is 4.50. The van der Waals surface area contributed by atoms with Crippen LogP contribution in [0.4, 0.5) is 0 Å². The number of nitrogens with zero attached hydrogens (tertiary/aromatic N) is 1. The first-order chi connectivity index (χ1) is 11.6. The highest BCUT2D eigenvalue weighted by Crippen LogP contribution is 2.27. The summed E-state index contributed by atoms with van der Waals surface area (Å²) in [4.78, 5) is 28.1. The van der Waals surface area contributed by atoms with Crippen molar-refractivity contribution < 1.29 is 23.8 Å². The second kappa shape index (κ2) is 6.74. The number of aromatic nitrogens is 1. The average Bonchev–Trinajstić information content (AvgIpc) is 3.23. The topological polar surface area (TPSA) is 102 Å². The first kappa shape index (κ1) is 16.0. The van der Waals surface area contributed by atoms with Crippen molar-refractivity contribution in [2.24, 2.45) is 0 Å². The molecule has 2 N–H and O–H groups in total. The number of ether oxygens (including phenoxy) is 1. The molecule has 126 valence electrons. The molecule has 2 aromatic rings. The van der Waals surface area contributed by atoms with Gasteiger partial charge in [0.15, 0.2) is 0 Å². The molecule has 0 bridgehead atoms. The van der Waals surface area contributed by atoms with E-state index in [9.17, 15) is 9.59 Å². The minimum atomic E-state index is -1.03. The van der Waals surface area contributed by atoms with Crippen molar-refractivity contribution in [3.63, 3.8) is 0 Å². The highest BCUT2D eigenvalue weighted by atomic mass is 16.5. The molecule has 0 saturated heterocycles. The van der Waals surface area contributed by atoms with E-state index >= 15 is 0 Å². The standard InChI is InChI=1S/C17H18N2O5/c1-23-17-11(8-10-4-2-5-12(10)19-17)16(22)18-13(9-15(20)21)14-6-3-7-24-14/h3,6-8,13H,2,4-5,9H2,1H3,(H,18,22)(H,20,21)/t13-/m0/s1. The molecular formula is C17H18N2O5. The van der Waals surface area contributed by atoms with Gasteiger partial charge in [0, 0.05) is 5.69 Å². The van der Waals surface area contributed by atoms with Crippen LogP contribution in [0.1, 0.15) is 46.3 Å². The van der Waals surface area contributed by atoms with E-state index in [1.807, 2.05) is 0 Å². The summed E-state index contributed by atoms with van der Waals surface area (Å²) in [7, 11) is 1.46. The van der Waals surface area contributed by atoms with Crippen LogP contribution in [0, 0.1) is 0 Å². The number of fused-ring (bicyclic) bond motifs is 1. The van der Waals surface area contributed by atoms with Crippen LogP contribution in [-0.2, 0) is 17.6 Å². The van der Waals surface area contributed by atoms with Crippen molar-refractivity contribution in [1.82, 2.24) is 10.3 Å². The number of methoxy groups -OCH3 is 1. The highest BCUT2D eigenvalue weighted by molar-refractivity contribution is 5.97. The van der Waals surface area contributed by atoms with Gasteiger partial charge in [-0.25, -0.2) is 4.98 Å². The van der Waals surface area contributed by atoms with Gasteiger partial charge >= 0.3 is 5.97 Å². The molecule has 0 saturated carbocycles. The lowest BCUT2D eigenvalue weighted by atomic mass is 10.1. The molecule has 1 aliphatic rings. The van der Waals surface area contributed by atoms with Crippen LogP contribution in [0.3, 0.4) is 0 Å². The number of nitrogens with one attached hydrogen (secondary N) is 1. The molecule has 0 unspecified atom stereocenters. The summed E-state index contributed by atoms with van der Waals surface area (Å²) in [6.07, 6.45) is 3.92. The van der Waals surface area contributed by atoms with E-state index in [0.29, 0.717) is 11.3 Å². The zero-order chi connectivity index (χ0) is 17.1. The summed E-state index contributed by atoms with van der Waals surface area (Å²) in [5, 5.41) is 11.8. The summed E-state index contributed by atoms with van der Waals surface area (Å²) < 4.78 is 10.5. The molecule has 0 aromatic carbocycles. The number of hydrogen-bond acceptors (Lipinski definition) is 5. The van der Waals surface area contributed by atoms with Gasteiger partial charge in [-0.2, -0.15) is 0 Å². The molecule has 1 amide bonds. The number of aryl methyl sites for hydroxylation is 2. The van der Waals surface area contributed by atoms with Crippen molar-refractivity contribution in [2.45, 2.75) is 31.7 Å². The van der Waals surface area contributed by atoms with Gasteiger partial charge in [-0.3, -0.25) is 9.59 Å². The third kappa shape index (κ3) is 3.24. The maximum atomic E-state index is 12.6. The number of aliphatic carboxylic acids is 1. The molecule has 3 rings (SSSR count). The zero-order valence-corrected chi connectivity index (χ0v) is 13.2. The maximum absolute atomic E-state index is 12.6. The van der Waals surface area contributed by atoms with E-state index in [4.69, 9.17) is 14.3 Å². The minimum absolute atomic E-state index is 0.252. The molecule has 2 heterocycles. The number of carbonyl (C=O) groups is 2. The first-order valence-electron chi connectivity index (χ1n) is 7.71. The lowest BCUT2D eigenvalue weighted by molar-refractivity contribution is -0.137. The molecule has 0 fully saturated rings. The monoisotopic (exact) mass is 330 g/mol.